The Kier molecular flexibility index (Phi) is 3.42. The molecule has 1 atom stereocenters. The maximum atomic E-state index is 12.2. The third-order valence-corrected chi connectivity index (χ3v) is 3.97. The number of carbonyl (C=O) groups is 1. The van der Waals surface area contributed by atoms with Crippen molar-refractivity contribution in [3.63, 3.8) is 0 Å². The summed E-state index contributed by atoms with van der Waals surface area (Å²) in [5, 5.41) is 0. The van der Waals surface area contributed by atoms with E-state index in [1.165, 1.54) is 0 Å². The van der Waals surface area contributed by atoms with Crippen molar-refractivity contribution in [2.45, 2.75) is 38.1 Å². The highest BCUT2D eigenvalue weighted by atomic mass is 16.1. The summed E-state index contributed by atoms with van der Waals surface area (Å²) in [5.74, 6) is 1.15. The lowest BCUT2D eigenvalue weighted by molar-refractivity contribution is -0.127. The van der Waals surface area contributed by atoms with Gasteiger partial charge in [-0.2, -0.15) is 0 Å². The van der Waals surface area contributed by atoms with E-state index in [4.69, 9.17) is 5.73 Å². The van der Waals surface area contributed by atoms with Crippen LogP contribution in [-0.2, 0) is 4.79 Å². The standard InChI is InChI=1S/C12H22N2O/c1-14-7-6-10(8-14)12(15)9-2-4-11(13)5-3-9/h9-11H,2-8,13H2,1H3. The van der Waals surface area contributed by atoms with Gasteiger partial charge in [0.1, 0.15) is 5.78 Å². The Morgan fingerprint density at radius 2 is 1.80 bits per heavy atom. The van der Waals surface area contributed by atoms with E-state index in [9.17, 15) is 4.79 Å². The Bertz CT molecular complexity index is 234. The van der Waals surface area contributed by atoms with Crippen molar-refractivity contribution in [2.24, 2.45) is 17.6 Å². The van der Waals surface area contributed by atoms with Gasteiger partial charge in [0.15, 0.2) is 0 Å². The quantitative estimate of drug-likeness (QED) is 0.740. The van der Waals surface area contributed by atoms with Crippen molar-refractivity contribution in [3.05, 3.63) is 0 Å². The van der Waals surface area contributed by atoms with E-state index >= 15 is 0 Å². The first-order valence-corrected chi connectivity index (χ1v) is 6.14. The van der Waals surface area contributed by atoms with Crippen molar-refractivity contribution < 1.29 is 4.79 Å². The lowest BCUT2D eigenvalue weighted by atomic mass is 9.80. The molecule has 1 aliphatic heterocycles. The van der Waals surface area contributed by atoms with Crippen LogP contribution >= 0.6 is 0 Å². The molecule has 0 amide bonds. The lowest BCUT2D eigenvalue weighted by Crippen LogP contribution is -2.33. The molecule has 1 aliphatic carbocycles. The molecule has 2 fully saturated rings. The molecule has 3 nitrogen and oxygen atoms in total. The lowest BCUT2D eigenvalue weighted by Gasteiger charge is -2.26. The fraction of sp³-hybridized carbons (Fsp3) is 0.917. The SMILES string of the molecule is CN1CCC(C(=O)C2CCC(N)CC2)C1. The molecule has 2 aliphatic rings. The molecule has 1 saturated carbocycles. The van der Waals surface area contributed by atoms with Gasteiger partial charge in [-0.05, 0) is 45.7 Å². The Balaban J connectivity index is 1.85. The molecule has 1 saturated heterocycles. The second-order valence-electron chi connectivity index (χ2n) is 5.26. The van der Waals surface area contributed by atoms with Gasteiger partial charge in [0.05, 0.1) is 0 Å². The maximum Gasteiger partial charge on any atom is 0.140 e. The van der Waals surface area contributed by atoms with Crippen LogP contribution in [0.5, 0.6) is 0 Å². The van der Waals surface area contributed by atoms with Gasteiger partial charge in [-0.15, -0.1) is 0 Å². The Hall–Kier alpha value is -0.410. The molecule has 15 heavy (non-hydrogen) atoms. The van der Waals surface area contributed by atoms with Crippen LogP contribution in [-0.4, -0.2) is 36.9 Å². The molecule has 3 heteroatoms. The van der Waals surface area contributed by atoms with Gasteiger partial charge >= 0.3 is 0 Å². The van der Waals surface area contributed by atoms with Crippen LogP contribution in [0.1, 0.15) is 32.1 Å². The van der Waals surface area contributed by atoms with Gasteiger partial charge in [-0.25, -0.2) is 0 Å². The third kappa shape index (κ3) is 2.58. The number of rotatable bonds is 2. The van der Waals surface area contributed by atoms with Gasteiger partial charge in [0.25, 0.3) is 0 Å². The van der Waals surface area contributed by atoms with Crippen molar-refractivity contribution in [3.8, 4) is 0 Å². The van der Waals surface area contributed by atoms with E-state index in [1.54, 1.807) is 0 Å². The molecule has 2 rings (SSSR count). The molecule has 86 valence electrons. The number of hydrogen-bond acceptors (Lipinski definition) is 3. The molecule has 0 aromatic carbocycles. The van der Waals surface area contributed by atoms with Crippen LogP contribution in [0.3, 0.4) is 0 Å². The largest absolute Gasteiger partial charge is 0.328 e. The number of nitrogens with two attached hydrogens (primary N) is 1. The van der Waals surface area contributed by atoms with Crippen molar-refractivity contribution in [2.75, 3.05) is 20.1 Å². The summed E-state index contributed by atoms with van der Waals surface area (Å²) in [7, 11) is 2.10. The molecule has 0 radical (unpaired) electrons. The molecule has 0 bridgehead atoms. The minimum atomic E-state index is 0.314. The number of nitrogens with zero attached hydrogens (tertiary/aromatic N) is 1. The normalized spacial score (nSPS) is 38.1. The summed E-state index contributed by atoms with van der Waals surface area (Å²) >= 11 is 0. The highest BCUT2D eigenvalue weighted by Crippen LogP contribution is 2.29. The minimum absolute atomic E-state index is 0.314. The Morgan fingerprint density at radius 1 is 1.13 bits per heavy atom. The highest BCUT2D eigenvalue weighted by molar-refractivity contribution is 5.84. The molecular formula is C12H22N2O. The average molecular weight is 210 g/mol. The number of carbonyl (C=O) groups excluding carboxylic acids is 1. The van der Waals surface area contributed by atoms with Gasteiger partial charge in [0, 0.05) is 24.4 Å². The second kappa shape index (κ2) is 4.62. The van der Waals surface area contributed by atoms with Gasteiger partial charge in [-0.3, -0.25) is 4.79 Å². The number of hydrogen-bond donors (Lipinski definition) is 1. The number of likely N-dealkylation sites (tertiary alicyclic amines) is 1. The Labute approximate surface area is 92.0 Å². The first-order valence-electron chi connectivity index (χ1n) is 6.14. The van der Waals surface area contributed by atoms with Crippen molar-refractivity contribution in [1.82, 2.24) is 4.90 Å². The van der Waals surface area contributed by atoms with Crippen LogP contribution in [0.15, 0.2) is 0 Å². The summed E-state index contributed by atoms with van der Waals surface area (Å²) < 4.78 is 0. The monoisotopic (exact) mass is 210 g/mol. The smallest absolute Gasteiger partial charge is 0.140 e. The van der Waals surface area contributed by atoms with E-state index in [0.29, 0.717) is 23.7 Å². The molecule has 1 heterocycles. The molecule has 0 spiro atoms. The summed E-state index contributed by atoms with van der Waals surface area (Å²) in [5.41, 5.74) is 5.85. The number of Topliss-reactive ketones (excluding diaryl/α,β-unsaturated/α-hetero) is 1. The van der Waals surface area contributed by atoms with Crippen molar-refractivity contribution >= 4 is 5.78 Å². The van der Waals surface area contributed by atoms with Crippen LogP contribution in [0.4, 0.5) is 0 Å². The van der Waals surface area contributed by atoms with Crippen LogP contribution < -0.4 is 5.73 Å². The molecule has 0 aromatic rings. The zero-order chi connectivity index (χ0) is 10.8. The van der Waals surface area contributed by atoms with Crippen molar-refractivity contribution in [1.29, 1.82) is 0 Å². The summed E-state index contributed by atoms with van der Waals surface area (Å²) in [6.45, 7) is 2.06. The molecule has 2 N–H and O–H groups in total. The predicted molar refractivity (Wildman–Crippen MR) is 60.5 cm³/mol. The first kappa shape index (κ1) is 11.1. The fourth-order valence-corrected chi connectivity index (χ4v) is 2.90. The fourth-order valence-electron chi connectivity index (χ4n) is 2.90. The van der Waals surface area contributed by atoms with E-state index in [0.717, 1.165) is 45.2 Å². The maximum absolute atomic E-state index is 12.2. The molecule has 0 aromatic heterocycles. The summed E-state index contributed by atoms with van der Waals surface area (Å²) in [4.78, 5) is 14.4. The van der Waals surface area contributed by atoms with E-state index in [-0.39, 0.29) is 0 Å². The average Bonchev–Trinajstić information content (AvgIpc) is 2.65. The zero-order valence-electron chi connectivity index (χ0n) is 9.61. The summed E-state index contributed by atoms with van der Waals surface area (Å²) in [6.07, 6.45) is 5.20. The molecular weight excluding hydrogens is 188 g/mol. The predicted octanol–water partition coefficient (Wildman–Crippen LogP) is 1.02. The minimum Gasteiger partial charge on any atom is -0.328 e. The number of ketones is 1. The van der Waals surface area contributed by atoms with E-state index < -0.39 is 0 Å². The summed E-state index contributed by atoms with van der Waals surface area (Å²) in [6, 6.07) is 0.348. The zero-order valence-corrected chi connectivity index (χ0v) is 9.61. The van der Waals surface area contributed by atoms with E-state index in [2.05, 4.69) is 11.9 Å². The van der Waals surface area contributed by atoms with Crippen LogP contribution in [0.2, 0.25) is 0 Å². The highest BCUT2D eigenvalue weighted by Gasteiger charge is 2.32. The van der Waals surface area contributed by atoms with Gasteiger partial charge in [-0.1, -0.05) is 0 Å². The Morgan fingerprint density at radius 3 is 2.33 bits per heavy atom. The van der Waals surface area contributed by atoms with Crippen LogP contribution in [0.25, 0.3) is 0 Å². The second-order valence-corrected chi connectivity index (χ2v) is 5.26. The first-order chi connectivity index (χ1) is 7.16. The van der Waals surface area contributed by atoms with Crippen LogP contribution in [0, 0.1) is 11.8 Å². The third-order valence-electron chi connectivity index (χ3n) is 3.97. The van der Waals surface area contributed by atoms with Gasteiger partial charge < -0.3 is 10.6 Å². The topological polar surface area (TPSA) is 46.3 Å². The van der Waals surface area contributed by atoms with Gasteiger partial charge in [0.2, 0.25) is 0 Å². The van der Waals surface area contributed by atoms with E-state index in [1.807, 2.05) is 0 Å². The molecule has 1 unspecified atom stereocenters.